The molecule has 92 valence electrons. The fourth-order valence-electron chi connectivity index (χ4n) is 1.39. The summed E-state index contributed by atoms with van der Waals surface area (Å²) in [5.41, 5.74) is 6.41. The van der Waals surface area contributed by atoms with Crippen LogP contribution in [0.5, 0.6) is 5.75 Å². The van der Waals surface area contributed by atoms with Crippen LogP contribution in [-0.2, 0) is 0 Å². The Morgan fingerprint density at radius 2 is 2.29 bits per heavy atom. The van der Waals surface area contributed by atoms with Crippen molar-refractivity contribution in [1.82, 2.24) is 4.90 Å². The minimum atomic E-state index is -0.191. The molecule has 0 aromatic heterocycles. The summed E-state index contributed by atoms with van der Waals surface area (Å²) in [4.78, 5) is 13.6. The molecule has 0 bridgehead atoms. The summed E-state index contributed by atoms with van der Waals surface area (Å²) in [6, 6.07) is 3.05. The van der Waals surface area contributed by atoms with E-state index in [2.05, 4.69) is 6.58 Å². The van der Waals surface area contributed by atoms with Crippen LogP contribution in [0.1, 0.15) is 10.4 Å². The molecule has 0 aliphatic rings. The molecular formula is C12H15ClN2O2. The van der Waals surface area contributed by atoms with Crippen LogP contribution < -0.4 is 10.5 Å². The molecule has 0 aliphatic heterocycles. The van der Waals surface area contributed by atoms with Gasteiger partial charge >= 0.3 is 0 Å². The highest BCUT2D eigenvalue weighted by atomic mass is 35.5. The largest absolute Gasteiger partial charge is 0.496 e. The molecule has 4 nitrogen and oxygen atoms in total. The molecule has 0 atom stereocenters. The average molecular weight is 255 g/mol. The standard InChI is InChI=1S/C12H15ClN2O2/c1-4-5-15(2)12(16)8-6-9(13)10(14)7-11(8)17-3/h4,6-7H,1,5,14H2,2-3H3. The first-order chi connectivity index (χ1) is 8.01. The van der Waals surface area contributed by atoms with E-state index in [0.717, 1.165) is 0 Å². The van der Waals surface area contributed by atoms with Crippen LogP contribution in [0.15, 0.2) is 24.8 Å². The zero-order chi connectivity index (χ0) is 13.0. The van der Waals surface area contributed by atoms with Gasteiger partial charge in [0.25, 0.3) is 5.91 Å². The number of hydrogen-bond acceptors (Lipinski definition) is 3. The monoisotopic (exact) mass is 254 g/mol. The molecule has 0 saturated carbocycles. The number of benzene rings is 1. The molecule has 5 heteroatoms. The van der Waals surface area contributed by atoms with Gasteiger partial charge < -0.3 is 15.4 Å². The Morgan fingerprint density at radius 1 is 1.65 bits per heavy atom. The highest BCUT2D eigenvalue weighted by Crippen LogP contribution is 2.29. The van der Waals surface area contributed by atoms with Gasteiger partial charge in [-0.25, -0.2) is 0 Å². The molecule has 0 radical (unpaired) electrons. The number of anilines is 1. The smallest absolute Gasteiger partial charge is 0.257 e. The Balaban J connectivity index is 3.16. The normalized spacial score (nSPS) is 9.82. The zero-order valence-electron chi connectivity index (χ0n) is 9.87. The van der Waals surface area contributed by atoms with Crippen molar-refractivity contribution in [3.63, 3.8) is 0 Å². The summed E-state index contributed by atoms with van der Waals surface area (Å²) in [5.74, 6) is 0.219. The highest BCUT2D eigenvalue weighted by Gasteiger charge is 2.17. The fourth-order valence-corrected chi connectivity index (χ4v) is 1.55. The number of carbonyl (C=O) groups excluding carboxylic acids is 1. The van der Waals surface area contributed by atoms with Gasteiger partial charge in [-0.1, -0.05) is 17.7 Å². The molecule has 0 saturated heterocycles. The van der Waals surface area contributed by atoms with Crippen molar-refractivity contribution >= 4 is 23.2 Å². The average Bonchev–Trinajstić information content (AvgIpc) is 2.31. The lowest BCUT2D eigenvalue weighted by molar-refractivity contribution is 0.0807. The van der Waals surface area contributed by atoms with Gasteiger partial charge in [0.1, 0.15) is 5.75 Å². The maximum absolute atomic E-state index is 12.1. The van der Waals surface area contributed by atoms with Gasteiger partial charge in [0.15, 0.2) is 0 Å². The lowest BCUT2D eigenvalue weighted by atomic mass is 10.1. The molecule has 1 aromatic carbocycles. The second kappa shape index (κ2) is 5.59. The fraction of sp³-hybridized carbons (Fsp3) is 0.250. The third-order valence-electron chi connectivity index (χ3n) is 2.30. The number of amides is 1. The summed E-state index contributed by atoms with van der Waals surface area (Å²) in [6.45, 7) is 4.03. The molecule has 0 unspecified atom stereocenters. The first-order valence-corrected chi connectivity index (χ1v) is 5.38. The summed E-state index contributed by atoms with van der Waals surface area (Å²) in [7, 11) is 3.15. The van der Waals surface area contributed by atoms with Crippen molar-refractivity contribution in [3.8, 4) is 5.75 Å². The second-order valence-electron chi connectivity index (χ2n) is 3.55. The number of halogens is 1. The van der Waals surface area contributed by atoms with Crippen LogP contribution in [-0.4, -0.2) is 31.5 Å². The maximum Gasteiger partial charge on any atom is 0.257 e. The van der Waals surface area contributed by atoms with Gasteiger partial charge in [-0.15, -0.1) is 6.58 Å². The molecule has 1 rings (SSSR count). The van der Waals surface area contributed by atoms with Gasteiger partial charge in [-0.3, -0.25) is 4.79 Å². The van der Waals surface area contributed by atoms with Crippen LogP contribution >= 0.6 is 11.6 Å². The number of hydrogen-bond donors (Lipinski definition) is 1. The first kappa shape index (κ1) is 13.4. The summed E-state index contributed by atoms with van der Waals surface area (Å²) in [5, 5.41) is 0.334. The molecule has 1 amide bonds. The van der Waals surface area contributed by atoms with E-state index in [0.29, 0.717) is 28.6 Å². The number of nitrogens with two attached hydrogens (primary N) is 1. The predicted molar refractivity (Wildman–Crippen MR) is 69.6 cm³/mol. The van der Waals surface area contributed by atoms with E-state index in [-0.39, 0.29) is 5.91 Å². The summed E-state index contributed by atoms with van der Waals surface area (Å²) in [6.07, 6.45) is 1.64. The number of methoxy groups -OCH3 is 1. The number of nitrogen functional groups attached to an aromatic ring is 1. The number of carbonyl (C=O) groups is 1. The van der Waals surface area contributed by atoms with Crippen LogP contribution in [0.2, 0.25) is 5.02 Å². The quantitative estimate of drug-likeness (QED) is 0.662. The third kappa shape index (κ3) is 2.91. The summed E-state index contributed by atoms with van der Waals surface area (Å²) >= 11 is 5.90. The van der Waals surface area contributed by atoms with Crippen LogP contribution in [0.3, 0.4) is 0 Å². The van der Waals surface area contributed by atoms with E-state index < -0.39 is 0 Å². The van der Waals surface area contributed by atoms with E-state index in [9.17, 15) is 4.79 Å². The van der Waals surface area contributed by atoms with E-state index >= 15 is 0 Å². The van der Waals surface area contributed by atoms with Crippen molar-refractivity contribution < 1.29 is 9.53 Å². The predicted octanol–water partition coefficient (Wildman–Crippen LogP) is 2.19. The van der Waals surface area contributed by atoms with Crippen molar-refractivity contribution in [2.24, 2.45) is 0 Å². The Hall–Kier alpha value is -1.68. The maximum atomic E-state index is 12.1. The van der Waals surface area contributed by atoms with Crippen molar-refractivity contribution in [3.05, 3.63) is 35.4 Å². The van der Waals surface area contributed by atoms with Crippen molar-refractivity contribution in [1.29, 1.82) is 0 Å². The van der Waals surface area contributed by atoms with E-state index in [1.165, 1.54) is 24.1 Å². The molecule has 0 aliphatic carbocycles. The Labute approximate surface area is 106 Å². The van der Waals surface area contributed by atoms with Crippen LogP contribution in [0.25, 0.3) is 0 Å². The third-order valence-corrected chi connectivity index (χ3v) is 2.63. The zero-order valence-corrected chi connectivity index (χ0v) is 10.6. The lowest BCUT2D eigenvalue weighted by Gasteiger charge is -2.17. The van der Waals surface area contributed by atoms with E-state index in [4.69, 9.17) is 22.1 Å². The van der Waals surface area contributed by atoms with Gasteiger partial charge in [0.05, 0.1) is 23.4 Å². The van der Waals surface area contributed by atoms with Gasteiger partial charge in [-0.2, -0.15) is 0 Å². The van der Waals surface area contributed by atoms with Crippen molar-refractivity contribution in [2.45, 2.75) is 0 Å². The molecule has 1 aromatic rings. The Bertz CT molecular complexity index is 446. The van der Waals surface area contributed by atoms with Crippen molar-refractivity contribution in [2.75, 3.05) is 26.4 Å². The van der Waals surface area contributed by atoms with Gasteiger partial charge in [0.2, 0.25) is 0 Å². The second-order valence-corrected chi connectivity index (χ2v) is 3.96. The molecule has 0 fully saturated rings. The van der Waals surface area contributed by atoms with E-state index in [1.54, 1.807) is 13.1 Å². The molecular weight excluding hydrogens is 240 g/mol. The van der Waals surface area contributed by atoms with Gasteiger partial charge in [0, 0.05) is 19.7 Å². The SMILES string of the molecule is C=CCN(C)C(=O)c1cc(Cl)c(N)cc1OC. The highest BCUT2D eigenvalue weighted by molar-refractivity contribution is 6.33. The number of rotatable bonds is 4. The Morgan fingerprint density at radius 3 is 2.82 bits per heavy atom. The summed E-state index contributed by atoms with van der Waals surface area (Å²) < 4.78 is 5.12. The van der Waals surface area contributed by atoms with Gasteiger partial charge in [-0.05, 0) is 6.07 Å². The van der Waals surface area contributed by atoms with Crippen LogP contribution in [0, 0.1) is 0 Å². The minimum Gasteiger partial charge on any atom is -0.496 e. The lowest BCUT2D eigenvalue weighted by Crippen LogP contribution is -2.27. The van der Waals surface area contributed by atoms with Crippen LogP contribution in [0.4, 0.5) is 5.69 Å². The van der Waals surface area contributed by atoms with E-state index in [1.807, 2.05) is 0 Å². The number of ether oxygens (including phenoxy) is 1. The number of likely N-dealkylation sites (N-methyl/N-ethyl adjacent to an activating group) is 1. The molecule has 0 spiro atoms. The molecule has 2 N–H and O–H groups in total. The number of nitrogens with zero attached hydrogens (tertiary/aromatic N) is 1. The molecule has 17 heavy (non-hydrogen) atoms. The topological polar surface area (TPSA) is 55.6 Å². The Kier molecular flexibility index (Phi) is 4.40. The minimum absolute atomic E-state index is 0.191. The molecule has 0 heterocycles. The first-order valence-electron chi connectivity index (χ1n) is 5.00.